The van der Waals surface area contributed by atoms with Crippen molar-refractivity contribution in [3.63, 3.8) is 0 Å². The average Bonchev–Trinajstić information content (AvgIpc) is 3.83. The van der Waals surface area contributed by atoms with Crippen LogP contribution in [0.5, 0.6) is 0 Å². The number of hydrogen-bond acceptors (Lipinski definition) is 9. The third kappa shape index (κ3) is 6.47. The Hall–Kier alpha value is -3.80. The second kappa shape index (κ2) is 12.9. The van der Waals surface area contributed by atoms with E-state index in [1.54, 1.807) is 41.0 Å². The third-order valence-corrected chi connectivity index (χ3v) is 9.79. The van der Waals surface area contributed by atoms with Gasteiger partial charge in [-0.05, 0) is 56.6 Å². The molecule has 1 atom stereocenters. The number of hydrogen-bond donors (Lipinski definition) is 2. The molecule has 14 heteroatoms. The molecule has 0 unspecified atom stereocenters. The van der Waals surface area contributed by atoms with Crippen LogP contribution in [0.15, 0.2) is 59.1 Å². The number of nitriles is 1. The number of nitrogens with zero attached hydrogens (tertiary/aromatic N) is 6. The van der Waals surface area contributed by atoms with Crippen LogP contribution in [0.1, 0.15) is 35.9 Å². The van der Waals surface area contributed by atoms with E-state index in [4.69, 9.17) is 16.6 Å². The topological polar surface area (TPSA) is 102 Å². The molecule has 0 saturated carbocycles. The summed E-state index contributed by atoms with van der Waals surface area (Å²) in [4.78, 5) is 11.6. The zero-order valence-corrected chi connectivity index (χ0v) is 26.4. The molecule has 5 aromatic rings. The standard InChI is InChI=1S/C31H27ClF3N7OS2/c1-2-41-15-24(23-12-19(7-10-25(23)41)29-37-21(17-44-29)14-42-11-3-4-22(42)16-43)28(31(33,34)35)39-40-30-38-27(26(13-36)45-30)18-5-8-20(32)9-6-18/h5-10,12,15,17,22,43H,2-4,11,14,16H2,1H3,(H,38,40)/b39-28-/t22-/m0/s1. The minimum Gasteiger partial charge on any atom is -0.395 e. The van der Waals surface area contributed by atoms with Gasteiger partial charge in [0.1, 0.15) is 21.6 Å². The molecule has 1 aliphatic rings. The molecule has 0 amide bonds. The predicted octanol–water partition coefficient (Wildman–Crippen LogP) is 7.77. The van der Waals surface area contributed by atoms with Gasteiger partial charge in [-0.1, -0.05) is 35.1 Å². The van der Waals surface area contributed by atoms with Crippen LogP contribution in [0.4, 0.5) is 18.3 Å². The van der Waals surface area contributed by atoms with Gasteiger partial charge in [0.25, 0.3) is 0 Å². The van der Waals surface area contributed by atoms with Gasteiger partial charge in [-0.25, -0.2) is 9.97 Å². The Morgan fingerprint density at radius 3 is 2.69 bits per heavy atom. The number of hydrazone groups is 1. The first-order valence-electron chi connectivity index (χ1n) is 14.2. The van der Waals surface area contributed by atoms with E-state index in [1.807, 2.05) is 18.4 Å². The summed E-state index contributed by atoms with van der Waals surface area (Å²) in [6.45, 7) is 3.94. The molecule has 2 N–H and O–H groups in total. The molecule has 1 fully saturated rings. The molecule has 0 aliphatic carbocycles. The number of fused-ring (bicyclic) bond motifs is 1. The number of nitrogens with one attached hydrogen (secondary N) is 1. The van der Waals surface area contributed by atoms with Gasteiger partial charge < -0.3 is 9.67 Å². The smallest absolute Gasteiger partial charge is 0.395 e. The number of aliphatic hydroxyl groups is 1. The van der Waals surface area contributed by atoms with Crippen LogP contribution in [0, 0.1) is 11.3 Å². The van der Waals surface area contributed by atoms with Gasteiger partial charge in [0, 0.05) is 63.3 Å². The zero-order valence-electron chi connectivity index (χ0n) is 24.0. The number of aromatic nitrogens is 3. The van der Waals surface area contributed by atoms with E-state index in [0.717, 1.165) is 36.4 Å². The molecule has 45 heavy (non-hydrogen) atoms. The second-order valence-electron chi connectivity index (χ2n) is 10.5. The van der Waals surface area contributed by atoms with E-state index >= 15 is 0 Å². The number of halogens is 4. The lowest BCUT2D eigenvalue weighted by molar-refractivity contribution is -0.0580. The highest BCUT2D eigenvalue weighted by Gasteiger charge is 2.39. The first-order chi connectivity index (χ1) is 21.7. The van der Waals surface area contributed by atoms with E-state index in [-0.39, 0.29) is 28.2 Å². The van der Waals surface area contributed by atoms with Crippen molar-refractivity contribution in [2.45, 2.75) is 45.1 Å². The maximum Gasteiger partial charge on any atom is 0.435 e. The normalized spacial score (nSPS) is 16.0. The molecule has 6 rings (SSSR count). The Kier molecular flexibility index (Phi) is 8.94. The first kappa shape index (κ1) is 31.2. The number of alkyl halides is 3. The van der Waals surface area contributed by atoms with Gasteiger partial charge >= 0.3 is 6.18 Å². The Bertz CT molecular complexity index is 1910. The van der Waals surface area contributed by atoms with Gasteiger partial charge in [0.2, 0.25) is 5.13 Å². The number of aliphatic hydroxyl groups excluding tert-OH is 1. The molecule has 0 spiro atoms. The predicted molar refractivity (Wildman–Crippen MR) is 173 cm³/mol. The molecule has 1 saturated heterocycles. The van der Waals surface area contributed by atoms with Crippen LogP contribution in [0.25, 0.3) is 32.7 Å². The van der Waals surface area contributed by atoms with E-state index < -0.39 is 11.9 Å². The molecule has 2 aromatic carbocycles. The van der Waals surface area contributed by atoms with Gasteiger partial charge in [-0.2, -0.15) is 23.5 Å². The van der Waals surface area contributed by atoms with Crippen LogP contribution in [-0.4, -0.2) is 55.6 Å². The highest BCUT2D eigenvalue weighted by atomic mass is 35.5. The molecular weight excluding hydrogens is 643 g/mol. The quantitative estimate of drug-likeness (QED) is 0.123. The minimum absolute atomic E-state index is 0.0509. The second-order valence-corrected chi connectivity index (χ2v) is 12.8. The maximum absolute atomic E-state index is 14.6. The largest absolute Gasteiger partial charge is 0.435 e. The highest BCUT2D eigenvalue weighted by Crippen LogP contribution is 2.35. The molecule has 3 aromatic heterocycles. The molecule has 1 aliphatic heterocycles. The summed E-state index contributed by atoms with van der Waals surface area (Å²) in [5.74, 6) is 0. The van der Waals surface area contributed by atoms with E-state index in [1.165, 1.54) is 17.5 Å². The van der Waals surface area contributed by atoms with E-state index in [9.17, 15) is 23.5 Å². The van der Waals surface area contributed by atoms with Gasteiger partial charge in [-0.15, -0.1) is 11.3 Å². The summed E-state index contributed by atoms with van der Waals surface area (Å²) in [5.41, 5.74) is 4.42. The Balaban J connectivity index is 1.34. The molecule has 232 valence electrons. The van der Waals surface area contributed by atoms with Crippen LogP contribution >= 0.6 is 34.3 Å². The summed E-state index contributed by atoms with van der Waals surface area (Å²) in [7, 11) is 0. The molecule has 8 nitrogen and oxygen atoms in total. The van der Waals surface area contributed by atoms with Crippen molar-refractivity contribution in [2.75, 3.05) is 18.6 Å². The molecular formula is C31H27ClF3N7OS2. The number of anilines is 1. The first-order valence-corrected chi connectivity index (χ1v) is 16.3. The van der Waals surface area contributed by atoms with Crippen LogP contribution in [-0.2, 0) is 13.1 Å². The maximum atomic E-state index is 14.6. The molecule has 0 bridgehead atoms. The summed E-state index contributed by atoms with van der Waals surface area (Å²) in [5, 5.41) is 26.7. The monoisotopic (exact) mass is 669 g/mol. The van der Waals surface area contributed by atoms with Gasteiger partial charge in [0.05, 0.1) is 12.3 Å². The lowest BCUT2D eigenvalue weighted by atomic mass is 10.1. The third-order valence-electron chi connectivity index (χ3n) is 7.73. The highest BCUT2D eigenvalue weighted by molar-refractivity contribution is 7.16. The number of benzene rings is 2. The lowest BCUT2D eigenvalue weighted by Crippen LogP contribution is -2.31. The summed E-state index contributed by atoms with van der Waals surface area (Å²) < 4.78 is 45.5. The summed E-state index contributed by atoms with van der Waals surface area (Å²) in [6, 6.07) is 14.2. The number of likely N-dealkylation sites (tertiary alicyclic amines) is 1. The lowest BCUT2D eigenvalue weighted by Gasteiger charge is -2.21. The van der Waals surface area contributed by atoms with Crippen molar-refractivity contribution in [3.05, 3.63) is 75.2 Å². The van der Waals surface area contributed by atoms with E-state index in [2.05, 4.69) is 26.5 Å². The Morgan fingerprint density at radius 1 is 1.20 bits per heavy atom. The van der Waals surface area contributed by atoms with Gasteiger partial charge in [0.15, 0.2) is 5.71 Å². The SMILES string of the molecule is CCn1cc(/C(=N/Nc2nc(-c3ccc(Cl)cc3)c(C#N)s2)C(F)(F)F)c2cc(-c3nc(CN4CCC[C@H]4CO)cs3)ccc21. The number of rotatable bonds is 9. The molecule has 0 radical (unpaired) electrons. The van der Waals surface area contributed by atoms with Crippen molar-refractivity contribution in [1.29, 1.82) is 5.26 Å². The zero-order chi connectivity index (χ0) is 31.7. The fraction of sp³-hybridized carbons (Fsp3) is 0.290. The van der Waals surface area contributed by atoms with Crippen molar-refractivity contribution in [3.8, 4) is 27.9 Å². The minimum atomic E-state index is -4.79. The average molecular weight is 670 g/mol. The van der Waals surface area contributed by atoms with Crippen LogP contribution in [0.3, 0.4) is 0 Å². The Morgan fingerprint density at radius 2 is 1.98 bits per heavy atom. The van der Waals surface area contributed by atoms with E-state index in [0.29, 0.717) is 50.8 Å². The fourth-order valence-corrected chi connectivity index (χ4v) is 7.20. The van der Waals surface area contributed by atoms with Gasteiger partial charge in [-0.3, -0.25) is 10.3 Å². The molecule has 4 heterocycles. The van der Waals surface area contributed by atoms with Crippen LogP contribution < -0.4 is 5.43 Å². The summed E-state index contributed by atoms with van der Waals surface area (Å²) in [6.07, 6.45) is -1.36. The van der Waals surface area contributed by atoms with Crippen molar-refractivity contribution < 1.29 is 18.3 Å². The van der Waals surface area contributed by atoms with Crippen molar-refractivity contribution in [1.82, 2.24) is 19.4 Å². The summed E-state index contributed by atoms with van der Waals surface area (Å²) >= 11 is 8.32. The van der Waals surface area contributed by atoms with Crippen molar-refractivity contribution in [2.24, 2.45) is 5.10 Å². The Labute approximate surface area is 270 Å². The van der Waals surface area contributed by atoms with Crippen molar-refractivity contribution >= 4 is 56.0 Å². The fourth-order valence-electron chi connectivity index (χ4n) is 5.54. The van der Waals surface area contributed by atoms with Crippen LogP contribution in [0.2, 0.25) is 5.02 Å². The number of aryl methyl sites for hydroxylation is 1. The number of thiazole rings is 2.